The molecule has 7 nitrogen and oxygen atoms in total. The Labute approximate surface area is 176 Å². The first-order chi connectivity index (χ1) is 14.6. The Kier molecular flexibility index (Phi) is 7.58. The van der Waals surface area contributed by atoms with Gasteiger partial charge in [0.2, 0.25) is 0 Å². The zero-order valence-corrected chi connectivity index (χ0v) is 16.7. The molecule has 0 bridgehead atoms. The summed E-state index contributed by atoms with van der Waals surface area (Å²) in [4.78, 5) is 27.9. The number of ketones is 1. The van der Waals surface area contributed by atoms with Gasteiger partial charge in [-0.1, -0.05) is 6.07 Å². The number of hydrogen-bond donors (Lipinski definition) is 1. The molecule has 0 saturated heterocycles. The van der Waals surface area contributed by atoms with E-state index in [0.29, 0.717) is 0 Å². The quantitative estimate of drug-likeness (QED) is 0.495. The van der Waals surface area contributed by atoms with Crippen molar-refractivity contribution in [3.8, 4) is 17.6 Å². The van der Waals surface area contributed by atoms with Crippen molar-refractivity contribution in [2.45, 2.75) is 32.4 Å². The van der Waals surface area contributed by atoms with Gasteiger partial charge in [0.05, 0.1) is 31.3 Å². The van der Waals surface area contributed by atoms with Gasteiger partial charge in [-0.2, -0.15) is 18.4 Å². The third kappa shape index (κ3) is 5.72. The van der Waals surface area contributed by atoms with Gasteiger partial charge >= 0.3 is 12.1 Å². The number of aromatic hydroxyl groups is 1. The zero-order valence-electron chi connectivity index (χ0n) is 16.7. The van der Waals surface area contributed by atoms with Crippen LogP contribution in [0.15, 0.2) is 24.3 Å². The van der Waals surface area contributed by atoms with Crippen LogP contribution in [-0.4, -0.2) is 35.6 Å². The number of alkyl halides is 3. The third-order valence-corrected chi connectivity index (χ3v) is 4.31. The molecule has 1 N–H and O–H groups in total. The lowest BCUT2D eigenvalue weighted by atomic mass is 9.99. The highest BCUT2D eigenvalue weighted by Crippen LogP contribution is 2.37. The van der Waals surface area contributed by atoms with Crippen molar-refractivity contribution in [3.05, 3.63) is 52.3 Å². The van der Waals surface area contributed by atoms with Crippen LogP contribution in [0, 0.1) is 11.3 Å². The van der Waals surface area contributed by atoms with Crippen molar-refractivity contribution < 1.29 is 37.3 Å². The molecule has 0 aliphatic carbocycles. The summed E-state index contributed by atoms with van der Waals surface area (Å²) in [6.45, 7) is 1.73. The summed E-state index contributed by atoms with van der Waals surface area (Å²) in [5, 5.41) is 19.4. The first-order valence-corrected chi connectivity index (χ1v) is 9.17. The molecule has 0 saturated carbocycles. The van der Waals surface area contributed by atoms with Crippen LogP contribution < -0.4 is 4.74 Å². The van der Waals surface area contributed by atoms with E-state index in [0.717, 1.165) is 12.1 Å². The number of esters is 1. The summed E-state index contributed by atoms with van der Waals surface area (Å²) < 4.78 is 50.1. The normalized spacial score (nSPS) is 11.0. The zero-order chi connectivity index (χ0) is 23.2. The highest BCUT2D eigenvalue weighted by atomic mass is 19.4. The van der Waals surface area contributed by atoms with E-state index >= 15 is 0 Å². The number of aromatic nitrogens is 1. The molecule has 0 aliphatic heterocycles. The lowest BCUT2D eigenvalue weighted by molar-refractivity contribution is -0.143. The number of pyridine rings is 1. The minimum atomic E-state index is -4.67. The summed E-state index contributed by atoms with van der Waals surface area (Å²) in [5.41, 5.74) is -2.06. The molecule has 0 spiro atoms. The van der Waals surface area contributed by atoms with Gasteiger partial charge in [-0.3, -0.25) is 9.59 Å². The maximum absolute atomic E-state index is 13.5. The van der Waals surface area contributed by atoms with Gasteiger partial charge in [-0.05, 0) is 25.1 Å². The molecule has 164 valence electrons. The number of carbonyl (C=O) groups is 2. The highest BCUT2D eigenvalue weighted by molar-refractivity contribution is 5.98. The summed E-state index contributed by atoms with van der Waals surface area (Å²) in [7, 11) is 1.22. The molecular weight excluding hydrogens is 417 g/mol. The number of benzene rings is 1. The second-order valence-corrected chi connectivity index (χ2v) is 6.36. The van der Waals surface area contributed by atoms with Gasteiger partial charge in [-0.25, -0.2) is 4.98 Å². The molecule has 2 aromatic rings. The van der Waals surface area contributed by atoms with Crippen LogP contribution in [0.1, 0.15) is 52.6 Å². The van der Waals surface area contributed by atoms with E-state index in [1.807, 2.05) is 0 Å². The molecule has 0 fully saturated rings. The van der Waals surface area contributed by atoms with Crippen molar-refractivity contribution >= 4 is 11.8 Å². The monoisotopic (exact) mass is 436 g/mol. The second kappa shape index (κ2) is 9.93. The summed E-state index contributed by atoms with van der Waals surface area (Å²) in [5.74, 6) is -2.12. The van der Waals surface area contributed by atoms with E-state index in [4.69, 9.17) is 9.47 Å². The molecule has 1 aromatic carbocycles. The molecule has 0 radical (unpaired) electrons. The Morgan fingerprint density at radius 3 is 2.55 bits per heavy atom. The molecule has 0 amide bonds. The van der Waals surface area contributed by atoms with Gasteiger partial charge in [-0.15, -0.1) is 0 Å². The fourth-order valence-electron chi connectivity index (χ4n) is 2.91. The topological polar surface area (TPSA) is 110 Å². The Hall–Kier alpha value is -3.61. The number of nitrogens with zero attached hydrogens (tertiary/aromatic N) is 2. The van der Waals surface area contributed by atoms with E-state index in [1.165, 1.54) is 19.2 Å². The first kappa shape index (κ1) is 23.7. The molecule has 2 rings (SSSR count). The Balaban J connectivity index is 2.46. The third-order valence-electron chi connectivity index (χ3n) is 4.31. The lowest BCUT2D eigenvalue weighted by Gasteiger charge is -2.16. The predicted octanol–water partition coefficient (Wildman–Crippen LogP) is 3.80. The van der Waals surface area contributed by atoms with E-state index in [2.05, 4.69) is 4.98 Å². The van der Waals surface area contributed by atoms with Crippen LogP contribution >= 0.6 is 0 Å². The average Bonchev–Trinajstić information content (AvgIpc) is 2.72. The number of hydrogen-bond acceptors (Lipinski definition) is 7. The van der Waals surface area contributed by atoms with Gasteiger partial charge in [0.25, 0.3) is 0 Å². The standard InChI is InChI=1S/C21H19F3N2O5/c1-3-31-18(28)8-7-16(27)19-20(29)12(11-25)9-13(26-19)10-14-15(21(22,23)24)5-4-6-17(14)30-2/h4-6,9,29H,3,7-8,10H2,1-2H3. The average molecular weight is 436 g/mol. The largest absolute Gasteiger partial charge is 0.504 e. The van der Waals surface area contributed by atoms with Gasteiger partial charge in [0.15, 0.2) is 11.5 Å². The number of ether oxygens (including phenoxy) is 2. The summed E-state index contributed by atoms with van der Waals surface area (Å²) in [6, 6.07) is 6.22. The van der Waals surface area contributed by atoms with E-state index in [1.54, 1.807) is 13.0 Å². The van der Waals surface area contributed by atoms with E-state index < -0.39 is 41.4 Å². The number of halogens is 3. The van der Waals surface area contributed by atoms with Crippen molar-refractivity contribution in [3.63, 3.8) is 0 Å². The number of carbonyl (C=O) groups excluding carboxylic acids is 2. The van der Waals surface area contributed by atoms with Crippen LogP contribution in [-0.2, 0) is 22.1 Å². The van der Waals surface area contributed by atoms with Gasteiger partial charge in [0.1, 0.15) is 17.5 Å². The molecule has 0 unspecified atom stereocenters. The number of nitriles is 1. The Bertz CT molecular complexity index is 1030. The van der Waals surface area contributed by atoms with Crippen LogP contribution in [0.3, 0.4) is 0 Å². The van der Waals surface area contributed by atoms with E-state index in [9.17, 15) is 33.1 Å². The fraction of sp³-hybridized carbons (Fsp3) is 0.333. The van der Waals surface area contributed by atoms with Gasteiger partial charge in [0, 0.05) is 24.1 Å². The van der Waals surface area contributed by atoms with Crippen LogP contribution in [0.2, 0.25) is 0 Å². The lowest BCUT2D eigenvalue weighted by Crippen LogP contribution is -2.13. The van der Waals surface area contributed by atoms with Crippen LogP contribution in [0.5, 0.6) is 11.5 Å². The summed E-state index contributed by atoms with van der Waals surface area (Å²) in [6.07, 6.45) is -5.70. The molecular formula is C21H19F3N2O5. The van der Waals surface area contributed by atoms with Gasteiger partial charge < -0.3 is 14.6 Å². The van der Waals surface area contributed by atoms with Crippen LogP contribution in [0.4, 0.5) is 13.2 Å². The van der Waals surface area contributed by atoms with Crippen molar-refractivity contribution in [2.75, 3.05) is 13.7 Å². The SMILES string of the molecule is CCOC(=O)CCC(=O)c1nc(Cc2c(OC)cccc2C(F)(F)F)cc(C#N)c1O. The maximum Gasteiger partial charge on any atom is 0.416 e. The van der Waals surface area contributed by atoms with E-state index in [-0.39, 0.29) is 42.0 Å². The minimum Gasteiger partial charge on any atom is -0.504 e. The molecule has 1 aromatic heterocycles. The highest BCUT2D eigenvalue weighted by Gasteiger charge is 2.35. The Morgan fingerprint density at radius 2 is 1.97 bits per heavy atom. The number of rotatable bonds is 8. The van der Waals surface area contributed by atoms with Crippen LogP contribution in [0.25, 0.3) is 0 Å². The predicted molar refractivity (Wildman–Crippen MR) is 102 cm³/mol. The van der Waals surface area contributed by atoms with Crippen molar-refractivity contribution in [1.82, 2.24) is 4.98 Å². The molecule has 31 heavy (non-hydrogen) atoms. The molecule has 0 atom stereocenters. The first-order valence-electron chi connectivity index (χ1n) is 9.17. The van der Waals surface area contributed by atoms with Crippen molar-refractivity contribution in [2.24, 2.45) is 0 Å². The number of methoxy groups -OCH3 is 1. The minimum absolute atomic E-state index is 0.0432. The Morgan fingerprint density at radius 1 is 1.26 bits per heavy atom. The fourth-order valence-corrected chi connectivity index (χ4v) is 2.91. The second-order valence-electron chi connectivity index (χ2n) is 6.36. The molecule has 1 heterocycles. The maximum atomic E-state index is 13.5. The molecule has 10 heteroatoms. The summed E-state index contributed by atoms with van der Waals surface area (Å²) >= 11 is 0. The smallest absolute Gasteiger partial charge is 0.416 e. The van der Waals surface area contributed by atoms with Crippen molar-refractivity contribution in [1.29, 1.82) is 5.26 Å². The number of Topliss-reactive ketones (excluding diaryl/α,β-unsaturated/α-hetero) is 1. The molecule has 0 aliphatic rings.